The molecule has 0 saturated heterocycles. The summed E-state index contributed by atoms with van der Waals surface area (Å²) in [6, 6.07) is 0. The van der Waals surface area contributed by atoms with E-state index in [0.29, 0.717) is 6.54 Å². The Morgan fingerprint density at radius 3 is 2.44 bits per heavy atom. The lowest BCUT2D eigenvalue weighted by molar-refractivity contribution is -0.152. The average molecular weight is 255 g/mol. The van der Waals surface area contributed by atoms with Gasteiger partial charge in [-0.2, -0.15) is 0 Å². The highest BCUT2D eigenvalue weighted by Gasteiger charge is 2.52. The van der Waals surface area contributed by atoms with Crippen LogP contribution in [0.1, 0.15) is 58.3 Å². The molecular formula is C15H29NO2. The lowest BCUT2D eigenvalue weighted by Crippen LogP contribution is -2.57. The van der Waals surface area contributed by atoms with Gasteiger partial charge < -0.3 is 15.6 Å². The van der Waals surface area contributed by atoms with Gasteiger partial charge in [0.2, 0.25) is 0 Å². The zero-order valence-electron chi connectivity index (χ0n) is 12.0. The van der Waals surface area contributed by atoms with Crippen LogP contribution < -0.4 is 5.73 Å². The van der Waals surface area contributed by atoms with E-state index in [1.165, 1.54) is 12.8 Å². The minimum absolute atomic E-state index is 0.0588. The molecule has 0 aromatic rings. The summed E-state index contributed by atoms with van der Waals surface area (Å²) in [7, 11) is 1.76. The first kappa shape index (κ1) is 14.3. The molecule has 0 radical (unpaired) electrons. The molecule has 0 aliphatic heterocycles. The van der Waals surface area contributed by atoms with E-state index in [1.807, 2.05) is 0 Å². The van der Waals surface area contributed by atoms with Crippen molar-refractivity contribution in [2.45, 2.75) is 70.0 Å². The van der Waals surface area contributed by atoms with E-state index >= 15 is 0 Å². The van der Waals surface area contributed by atoms with Gasteiger partial charge in [-0.25, -0.2) is 0 Å². The molecule has 3 N–H and O–H groups in total. The summed E-state index contributed by atoms with van der Waals surface area (Å²) in [5.74, 6) is 0.787. The summed E-state index contributed by atoms with van der Waals surface area (Å²) < 4.78 is 5.49. The van der Waals surface area contributed by atoms with E-state index in [2.05, 4.69) is 6.92 Å². The molecule has 106 valence electrons. The maximum atomic E-state index is 11.2. The zero-order chi connectivity index (χ0) is 13.2. The smallest absolute Gasteiger partial charge is 0.0740 e. The molecule has 0 amide bonds. The Balaban J connectivity index is 2.14. The van der Waals surface area contributed by atoms with Crippen molar-refractivity contribution in [2.75, 3.05) is 13.7 Å². The Morgan fingerprint density at radius 1 is 1.22 bits per heavy atom. The number of aliphatic hydroxyl groups is 1. The third kappa shape index (κ3) is 2.45. The van der Waals surface area contributed by atoms with Crippen LogP contribution in [0.5, 0.6) is 0 Å². The van der Waals surface area contributed by atoms with Crippen molar-refractivity contribution in [3.8, 4) is 0 Å². The molecule has 3 heteroatoms. The molecule has 0 bridgehead atoms. The van der Waals surface area contributed by atoms with Crippen molar-refractivity contribution in [3.05, 3.63) is 0 Å². The molecule has 0 spiro atoms. The van der Waals surface area contributed by atoms with Gasteiger partial charge in [0.05, 0.1) is 11.7 Å². The molecule has 0 heterocycles. The van der Waals surface area contributed by atoms with Crippen LogP contribution in [0.15, 0.2) is 0 Å². The second kappa shape index (κ2) is 5.48. The Bertz CT molecular complexity index is 274. The topological polar surface area (TPSA) is 55.5 Å². The van der Waals surface area contributed by atoms with Crippen molar-refractivity contribution in [1.82, 2.24) is 0 Å². The Hall–Kier alpha value is -0.120. The average Bonchev–Trinajstić information content (AvgIpc) is 2.39. The number of rotatable bonds is 3. The molecule has 0 aromatic carbocycles. The predicted molar refractivity (Wildman–Crippen MR) is 73.3 cm³/mol. The van der Waals surface area contributed by atoms with Gasteiger partial charge in [0.15, 0.2) is 0 Å². The monoisotopic (exact) mass is 255 g/mol. The zero-order valence-corrected chi connectivity index (χ0v) is 12.0. The van der Waals surface area contributed by atoms with E-state index in [1.54, 1.807) is 7.11 Å². The molecular weight excluding hydrogens is 226 g/mol. The number of hydrogen-bond acceptors (Lipinski definition) is 3. The fourth-order valence-corrected chi connectivity index (χ4v) is 4.06. The van der Waals surface area contributed by atoms with Crippen LogP contribution in [0.2, 0.25) is 0 Å². The normalized spacial score (nSPS) is 46.0. The molecule has 2 aliphatic carbocycles. The highest BCUT2D eigenvalue weighted by Crippen LogP contribution is 2.51. The lowest BCUT2D eigenvalue weighted by atomic mass is 9.57. The molecule has 2 fully saturated rings. The molecule has 2 unspecified atom stereocenters. The lowest BCUT2D eigenvalue weighted by Gasteiger charge is -2.53. The first-order valence-electron chi connectivity index (χ1n) is 7.50. The van der Waals surface area contributed by atoms with E-state index in [0.717, 1.165) is 44.4 Å². The van der Waals surface area contributed by atoms with Gasteiger partial charge in [-0.05, 0) is 38.0 Å². The third-order valence-electron chi connectivity index (χ3n) is 5.62. The van der Waals surface area contributed by atoms with Gasteiger partial charge >= 0.3 is 0 Å². The summed E-state index contributed by atoms with van der Waals surface area (Å²) >= 11 is 0. The Morgan fingerprint density at radius 2 is 1.89 bits per heavy atom. The Labute approximate surface area is 111 Å². The second-order valence-corrected chi connectivity index (χ2v) is 6.65. The van der Waals surface area contributed by atoms with Crippen LogP contribution in [0.4, 0.5) is 0 Å². The summed E-state index contributed by atoms with van der Waals surface area (Å²) in [6.07, 6.45) is 8.60. The largest absolute Gasteiger partial charge is 0.389 e. The van der Waals surface area contributed by atoms with Crippen LogP contribution in [0.3, 0.4) is 0 Å². The van der Waals surface area contributed by atoms with Gasteiger partial charge in [0, 0.05) is 25.5 Å². The van der Waals surface area contributed by atoms with Crippen LogP contribution in [0.25, 0.3) is 0 Å². The maximum absolute atomic E-state index is 11.2. The summed E-state index contributed by atoms with van der Waals surface area (Å²) in [6.45, 7) is 2.93. The SMILES string of the molecule is COC1CCCC(O)(C2(CN)CCC(C)CC2)C1. The van der Waals surface area contributed by atoms with E-state index in [4.69, 9.17) is 10.5 Å². The predicted octanol–water partition coefficient (Wildman–Crippen LogP) is 2.46. The number of ether oxygens (including phenoxy) is 1. The molecule has 18 heavy (non-hydrogen) atoms. The fourth-order valence-electron chi connectivity index (χ4n) is 4.06. The van der Waals surface area contributed by atoms with Crippen LogP contribution >= 0.6 is 0 Å². The van der Waals surface area contributed by atoms with Crippen molar-refractivity contribution in [2.24, 2.45) is 17.1 Å². The molecule has 2 rings (SSSR count). The standard InChI is InChI=1S/C15H29NO2/c1-12-5-8-14(11-16,9-6-12)15(17)7-3-4-13(10-15)18-2/h12-13,17H,3-11,16H2,1-2H3. The second-order valence-electron chi connectivity index (χ2n) is 6.65. The van der Waals surface area contributed by atoms with Gasteiger partial charge in [0.25, 0.3) is 0 Å². The first-order valence-corrected chi connectivity index (χ1v) is 7.50. The van der Waals surface area contributed by atoms with E-state index < -0.39 is 5.60 Å². The Kier molecular flexibility index (Phi) is 4.35. The van der Waals surface area contributed by atoms with Gasteiger partial charge in [-0.3, -0.25) is 0 Å². The summed E-state index contributed by atoms with van der Waals surface area (Å²) in [5, 5.41) is 11.2. The highest BCUT2D eigenvalue weighted by atomic mass is 16.5. The summed E-state index contributed by atoms with van der Waals surface area (Å²) in [5.41, 5.74) is 5.43. The minimum Gasteiger partial charge on any atom is -0.389 e. The van der Waals surface area contributed by atoms with E-state index in [9.17, 15) is 5.11 Å². The molecule has 2 aliphatic rings. The number of nitrogens with two attached hydrogens (primary N) is 1. The molecule has 2 saturated carbocycles. The summed E-state index contributed by atoms with van der Waals surface area (Å²) in [4.78, 5) is 0. The third-order valence-corrected chi connectivity index (χ3v) is 5.62. The van der Waals surface area contributed by atoms with E-state index in [-0.39, 0.29) is 11.5 Å². The van der Waals surface area contributed by atoms with Crippen molar-refractivity contribution < 1.29 is 9.84 Å². The van der Waals surface area contributed by atoms with Gasteiger partial charge in [0.1, 0.15) is 0 Å². The van der Waals surface area contributed by atoms with Gasteiger partial charge in [-0.1, -0.05) is 19.8 Å². The molecule has 0 aromatic heterocycles. The number of hydrogen-bond donors (Lipinski definition) is 2. The van der Waals surface area contributed by atoms with Crippen LogP contribution in [-0.4, -0.2) is 30.5 Å². The fraction of sp³-hybridized carbons (Fsp3) is 1.00. The van der Waals surface area contributed by atoms with Crippen LogP contribution in [-0.2, 0) is 4.74 Å². The van der Waals surface area contributed by atoms with Crippen molar-refractivity contribution in [3.63, 3.8) is 0 Å². The van der Waals surface area contributed by atoms with Crippen molar-refractivity contribution >= 4 is 0 Å². The van der Waals surface area contributed by atoms with Gasteiger partial charge in [-0.15, -0.1) is 0 Å². The molecule has 3 nitrogen and oxygen atoms in total. The van der Waals surface area contributed by atoms with Crippen LogP contribution in [0, 0.1) is 11.3 Å². The number of methoxy groups -OCH3 is 1. The maximum Gasteiger partial charge on any atom is 0.0740 e. The molecule has 2 atom stereocenters. The minimum atomic E-state index is -0.596. The quantitative estimate of drug-likeness (QED) is 0.814. The first-order chi connectivity index (χ1) is 8.55. The van der Waals surface area contributed by atoms with Crippen molar-refractivity contribution in [1.29, 1.82) is 0 Å². The highest BCUT2D eigenvalue weighted by molar-refractivity contribution is 5.04.